The number of fused-ring (bicyclic) bond motifs is 6. The molecule has 62 heavy (non-hydrogen) atoms. The van der Waals surface area contributed by atoms with Gasteiger partial charge in [-0.2, -0.15) is 0 Å². The molecule has 0 aliphatic rings. The third-order valence-corrected chi connectivity index (χ3v) is 11.7. The highest BCUT2D eigenvalue weighted by atomic mass is 16.3. The molecule has 0 amide bonds. The van der Waals surface area contributed by atoms with E-state index in [4.69, 9.17) is 23.8 Å². The van der Waals surface area contributed by atoms with E-state index in [1.54, 1.807) is 0 Å². The molecule has 0 atom stereocenters. The molecule has 0 bridgehead atoms. The van der Waals surface area contributed by atoms with Gasteiger partial charge in [-0.1, -0.05) is 152 Å². The first-order valence-electron chi connectivity index (χ1n) is 20.7. The number of nitrogens with zero attached hydrogens (tertiary/aromatic N) is 3. The number of benzene rings is 9. The zero-order chi connectivity index (χ0) is 41.0. The van der Waals surface area contributed by atoms with Gasteiger partial charge in [0.25, 0.3) is 0 Å². The van der Waals surface area contributed by atoms with Gasteiger partial charge in [0.1, 0.15) is 22.3 Å². The molecule has 0 unspecified atom stereocenters. The summed E-state index contributed by atoms with van der Waals surface area (Å²) >= 11 is 0. The average Bonchev–Trinajstić information content (AvgIpc) is 3.92. The molecule has 290 valence electrons. The molecule has 3 aromatic heterocycles. The maximum absolute atomic E-state index is 6.39. The van der Waals surface area contributed by atoms with Crippen molar-refractivity contribution in [1.82, 2.24) is 15.0 Å². The minimum Gasteiger partial charge on any atom is -0.456 e. The van der Waals surface area contributed by atoms with Gasteiger partial charge in [0.05, 0.1) is 0 Å². The van der Waals surface area contributed by atoms with Crippen LogP contribution in [0.2, 0.25) is 0 Å². The lowest BCUT2D eigenvalue weighted by molar-refractivity contribution is 0.668. The maximum atomic E-state index is 6.39. The number of rotatable bonds is 7. The predicted octanol–water partition coefficient (Wildman–Crippen LogP) is 15.3. The summed E-state index contributed by atoms with van der Waals surface area (Å²) in [6, 6.07) is 73.4. The zero-order valence-electron chi connectivity index (χ0n) is 33.4. The molecule has 0 saturated heterocycles. The molecule has 0 aliphatic carbocycles. The minimum atomic E-state index is 0.565. The predicted molar refractivity (Wildman–Crippen MR) is 252 cm³/mol. The van der Waals surface area contributed by atoms with Crippen molar-refractivity contribution in [2.24, 2.45) is 0 Å². The van der Waals surface area contributed by atoms with Crippen LogP contribution in [-0.2, 0) is 0 Å². The minimum absolute atomic E-state index is 0.565. The number of furan rings is 2. The van der Waals surface area contributed by atoms with E-state index in [1.165, 1.54) is 0 Å². The van der Waals surface area contributed by atoms with Crippen molar-refractivity contribution < 1.29 is 8.83 Å². The monoisotopic (exact) mass is 793 g/mol. The van der Waals surface area contributed by atoms with Gasteiger partial charge in [-0.15, -0.1) is 0 Å². The molecule has 5 heteroatoms. The first-order valence-corrected chi connectivity index (χ1v) is 20.7. The van der Waals surface area contributed by atoms with E-state index in [2.05, 4.69) is 158 Å². The van der Waals surface area contributed by atoms with Crippen LogP contribution in [0.25, 0.3) is 123 Å². The molecule has 0 fully saturated rings. The lowest BCUT2D eigenvalue weighted by Gasteiger charge is -2.14. The van der Waals surface area contributed by atoms with Gasteiger partial charge < -0.3 is 8.83 Å². The highest BCUT2D eigenvalue weighted by Crippen LogP contribution is 2.39. The Bertz CT molecular complexity index is 3510. The molecule has 12 aromatic rings. The second-order valence-electron chi connectivity index (χ2n) is 15.6. The first kappa shape index (κ1) is 35.5. The Balaban J connectivity index is 1.09. The Labute approximate surface area is 357 Å². The largest absolute Gasteiger partial charge is 0.456 e. The van der Waals surface area contributed by atoms with Crippen LogP contribution in [0.1, 0.15) is 0 Å². The Morgan fingerprint density at radius 2 is 0.645 bits per heavy atom. The molecule has 3 heterocycles. The summed E-state index contributed by atoms with van der Waals surface area (Å²) in [7, 11) is 0. The summed E-state index contributed by atoms with van der Waals surface area (Å²) in [5, 5.41) is 4.36. The van der Waals surface area contributed by atoms with Gasteiger partial charge in [0.2, 0.25) is 0 Å². The quantitative estimate of drug-likeness (QED) is 0.161. The normalized spacial score (nSPS) is 11.5. The van der Waals surface area contributed by atoms with Crippen molar-refractivity contribution in [2.45, 2.75) is 0 Å². The van der Waals surface area contributed by atoms with Crippen molar-refractivity contribution in [3.05, 3.63) is 212 Å². The summed E-state index contributed by atoms with van der Waals surface area (Å²) in [6.07, 6.45) is 0. The Morgan fingerprint density at radius 3 is 1.27 bits per heavy atom. The van der Waals surface area contributed by atoms with Crippen LogP contribution in [0.4, 0.5) is 0 Å². The van der Waals surface area contributed by atoms with Crippen molar-refractivity contribution >= 4 is 43.9 Å². The van der Waals surface area contributed by atoms with Crippen LogP contribution >= 0.6 is 0 Å². The van der Waals surface area contributed by atoms with Crippen molar-refractivity contribution in [3.8, 4) is 78.7 Å². The van der Waals surface area contributed by atoms with Gasteiger partial charge in [-0.25, -0.2) is 15.0 Å². The molecule has 0 N–H and O–H groups in total. The van der Waals surface area contributed by atoms with Crippen LogP contribution in [0, 0.1) is 0 Å². The van der Waals surface area contributed by atoms with Crippen LogP contribution < -0.4 is 0 Å². The smallest absolute Gasteiger partial charge is 0.164 e. The molecule has 0 saturated carbocycles. The fourth-order valence-electron chi connectivity index (χ4n) is 8.67. The van der Waals surface area contributed by atoms with E-state index in [0.717, 1.165) is 105 Å². The number of aromatic nitrogens is 3. The van der Waals surface area contributed by atoms with Gasteiger partial charge in [-0.05, 0) is 105 Å². The lowest BCUT2D eigenvalue weighted by Crippen LogP contribution is -2.01. The average molecular weight is 794 g/mol. The number of para-hydroxylation sites is 2. The second kappa shape index (κ2) is 14.7. The van der Waals surface area contributed by atoms with E-state index in [-0.39, 0.29) is 0 Å². The summed E-state index contributed by atoms with van der Waals surface area (Å²) in [5.41, 5.74) is 14.5. The molecule has 12 rings (SSSR count). The topological polar surface area (TPSA) is 65.0 Å². The molecular weight excluding hydrogens is 759 g/mol. The highest BCUT2D eigenvalue weighted by molar-refractivity contribution is 6.07. The number of hydrogen-bond acceptors (Lipinski definition) is 5. The van der Waals surface area contributed by atoms with Crippen LogP contribution in [0.5, 0.6) is 0 Å². The fourth-order valence-corrected chi connectivity index (χ4v) is 8.67. The van der Waals surface area contributed by atoms with Crippen molar-refractivity contribution in [2.75, 3.05) is 0 Å². The Kier molecular flexibility index (Phi) is 8.42. The molecular formula is C57H35N3O2. The molecule has 9 aromatic carbocycles. The standard InChI is InChI=1S/C57H35N3O2/c1-3-14-36(15-4-1)38-18-13-19-41(30-38)55-58-56(60-57(59-55)50-23-8-7-20-45(50)37-16-5-2-6-17-37)44-32-42(39-26-28-48-46-21-9-11-24-51(46)61-53(48)34-39)31-43(33-44)40-27-29-49-47-22-10-12-25-52(47)62-54(49)35-40/h1-35H. The van der Waals surface area contributed by atoms with E-state index >= 15 is 0 Å². The molecule has 0 radical (unpaired) electrons. The summed E-state index contributed by atoms with van der Waals surface area (Å²) < 4.78 is 12.8. The highest BCUT2D eigenvalue weighted by Gasteiger charge is 2.19. The van der Waals surface area contributed by atoms with Crippen LogP contribution in [0.3, 0.4) is 0 Å². The van der Waals surface area contributed by atoms with Crippen molar-refractivity contribution in [3.63, 3.8) is 0 Å². The molecule has 5 nitrogen and oxygen atoms in total. The van der Waals surface area contributed by atoms with Gasteiger partial charge in [-0.3, -0.25) is 0 Å². The van der Waals surface area contributed by atoms with E-state index in [1.807, 2.05) is 54.6 Å². The zero-order valence-corrected chi connectivity index (χ0v) is 33.4. The van der Waals surface area contributed by atoms with Crippen molar-refractivity contribution in [1.29, 1.82) is 0 Å². The number of hydrogen-bond donors (Lipinski definition) is 0. The summed E-state index contributed by atoms with van der Waals surface area (Å²) in [4.78, 5) is 15.9. The second-order valence-corrected chi connectivity index (χ2v) is 15.6. The Morgan fingerprint density at radius 1 is 0.226 bits per heavy atom. The summed E-state index contributed by atoms with van der Waals surface area (Å²) in [6.45, 7) is 0. The molecule has 0 aliphatic heterocycles. The summed E-state index contributed by atoms with van der Waals surface area (Å²) in [5.74, 6) is 1.75. The fraction of sp³-hybridized carbons (Fsp3) is 0. The van der Waals surface area contributed by atoms with E-state index in [0.29, 0.717) is 17.5 Å². The third-order valence-electron chi connectivity index (χ3n) is 11.7. The van der Waals surface area contributed by atoms with E-state index in [9.17, 15) is 0 Å². The lowest BCUT2D eigenvalue weighted by atomic mass is 9.94. The van der Waals surface area contributed by atoms with Gasteiger partial charge >= 0.3 is 0 Å². The first-order chi connectivity index (χ1) is 30.7. The van der Waals surface area contributed by atoms with Gasteiger partial charge in [0, 0.05) is 38.2 Å². The van der Waals surface area contributed by atoms with E-state index < -0.39 is 0 Å². The SMILES string of the molecule is c1ccc(-c2cccc(-c3nc(-c4cc(-c5ccc6c(c5)oc5ccccc56)cc(-c5ccc6c(c5)oc5ccccc56)c4)nc(-c4ccccc4-c4ccccc4)n3)c2)cc1. The third kappa shape index (κ3) is 6.32. The van der Waals surface area contributed by atoms with Crippen LogP contribution in [0.15, 0.2) is 221 Å². The van der Waals surface area contributed by atoms with Crippen LogP contribution in [-0.4, -0.2) is 15.0 Å². The maximum Gasteiger partial charge on any atom is 0.164 e. The Hall–Kier alpha value is -8.41. The van der Waals surface area contributed by atoms with Gasteiger partial charge in [0.15, 0.2) is 17.5 Å². The molecule has 0 spiro atoms.